The molecule has 0 unspecified atom stereocenters. The Hall–Kier alpha value is -3.45. The third-order valence-corrected chi connectivity index (χ3v) is 5.29. The number of para-hydroxylation sites is 1. The summed E-state index contributed by atoms with van der Waals surface area (Å²) < 4.78 is 1.24. The van der Waals surface area contributed by atoms with Crippen molar-refractivity contribution in [2.75, 3.05) is 5.43 Å². The lowest BCUT2D eigenvalue weighted by Crippen LogP contribution is -2.35. The van der Waals surface area contributed by atoms with Gasteiger partial charge in [0.05, 0.1) is 17.3 Å². The maximum absolute atomic E-state index is 13.0. The van der Waals surface area contributed by atoms with Gasteiger partial charge in [0.15, 0.2) is 5.16 Å². The number of pyridine rings is 1. The maximum Gasteiger partial charge on any atom is 0.281 e. The third kappa shape index (κ3) is 4.52. The molecule has 0 atom stereocenters. The van der Waals surface area contributed by atoms with Gasteiger partial charge in [-0.1, -0.05) is 60.3 Å². The molecule has 1 amide bonds. The maximum atomic E-state index is 13.0. The molecule has 2 aromatic heterocycles. The van der Waals surface area contributed by atoms with Crippen molar-refractivity contribution in [2.45, 2.75) is 17.3 Å². The Morgan fingerprint density at radius 2 is 1.72 bits per heavy atom. The lowest BCUT2D eigenvalue weighted by Gasteiger charge is -2.14. The van der Waals surface area contributed by atoms with Crippen LogP contribution in [0.5, 0.6) is 0 Å². The number of thioether (sulfide) groups is 1. The number of fused-ring (bicyclic) bond motifs is 1. The quantitative estimate of drug-likeness (QED) is 0.395. The molecule has 4 rings (SSSR count). The van der Waals surface area contributed by atoms with Gasteiger partial charge in [0.1, 0.15) is 0 Å². The van der Waals surface area contributed by atoms with Crippen molar-refractivity contribution in [3.8, 4) is 0 Å². The van der Waals surface area contributed by atoms with E-state index in [0.29, 0.717) is 21.8 Å². The normalized spacial score (nSPS) is 10.8. The Kier molecular flexibility index (Phi) is 5.67. The summed E-state index contributed by atoms with van der Waals surface area (Å²) in [5.74, 6) is 0.297. The third-order valence-electron chi connectivity index (χ3n) is 4.28. The minimum Gasteiger partial charge on any atom is -0.273 e. The number of nitrogens with zero attached hydrogens (tertiary/aromatic N) is 3. The fourth-order valence-corrected chi connectivity index (χ4v) is 3.77. The second kappa shape index (κ2) is 8.70. The van der Waals surface area contributed by atoms with Crippen LogP contribution in [0.15, 0.2) is 89.1 Å². The van der Waals surface area contributed by atoms with Crippen molar-refractivity contribution in [1.29, 1.82) is 0 Å². The van der Waals surface area contributed by atoms with E-state index >= 15 is 0 Å². The van der Waals surface area contributed by atoms with Gasteiger partial charge in [-0.2, -0.15) is 4.68 Å². The van der Waals surface area contributed by atoms with Crippen molar-refractivity contribution in [1.82, 2.24) is 14.6 Å². The van der Waals surface area contributed by atoms with Gasteiger partial charge in [-0.3, -0.25) is 20.0 Å². The zero-order valence-electron chi connectivity index (χ0n) is 15.5. The van der Waals surface area contributed by atoms with Gasteiger partial charge in [0.2, 0.25) is 5.91 Å². The first kappa shape index (κ1) is 18.9. The summed E-state index contributed by atoms with van der Waals surface area (Å²) in [5.41, 5.74) is 4.89. The summed E-state index contributed by atoms with van der Waals surface area (Å²) >= 11 is 1.37. The van der Waals surface area contributed by atoms with Gasteiger partial charge < -0.3 is 0 Å². The van der Waals surface area contributed by atoms with Crippen LogP contribution in [0.25, 0.3) is 10.9 Å². The molecule has 0 saturated carbocycles. The minimum atomic E-state index is -0.300. The highest BCUT2D eigenvalue weighted by Gasteiger charge is 2.14. The molecule has 4 aromatic rings. The number of carbonyl (C=O) groups excluding carboxylic acids is 1. The second-order valence-electron chi connectivity index (χ2n) is 6.40. The molecule has 2 aromatic carbocycles. The first-order chi connectivity index (χ1) is 14.2. The molecule has 0 fully saturated rings. The van der Waals surface area contributed by atoms with Crippen LogP contribution in [0.4, 0.5) is 0 Å². The lowest BCUT2D eigenvalue weighted by molar-refractivity contribution is -0.116. The van der Waals surface area contributed by atoms with Crippen molar-refractivity contribution < 1.29 is 4.79 Å². The van der Waals surface area contributed by atoms with Gasteiger partial charge in [0, 0.05) is 18.1 Å². The predicted octanol–water partition coefficient (Wildman–Crippen LogP) is 3.40. The Bertz CT molecular complexity index is 1190. The van der Waals surface area contributed by atoms with Gasteiger partial charge in [-0.15, -0.1) is 0 Å². The van der Waals surface area contributed by atoms with Crippen molar-refractivity contribution in [3.63, 3.8) is 0 Å². The average Bonchev–Trinajstić information content (AvgIpc) is 2.76. The summed E-state index contributed by atoms with van der Waals surface area (Å²) in [6.07, 6.45) is 3.65. The highest BCUT2D eigenvalue weighted by atomic mass is 32.2. The SMILES string of the molecule is O=C(Cc1ccccc1)Nn1c(SCc2cccnc2)nc2ccccc2c1=O. The summed E-state index contributed by atoms with van der Waals surface area (Å²) in [6, 6.07) is 20.3. The number of hydrogen-bond donors (Lipinski definition) is 1. The van der Waals surface area contributed by atoms with E-state index in [1.54, 1.807) is 30.6 Å². The van der Waals surface area contributed by atoms with Crippen molar-refractivity contribution >= 4 is 28.6 Å². The van der Waals surface area contributed by atoms with E-state index in [1.165, 1.54) is 16.4 Å². The van der Waals surface area contributed by atoms with E-state index < -0.39 is 0 Å². The van der Waals surface area contributed by atoms with Crippen LogP contribution in [-0.4, -0.2) is 20.6 Å². The average molecular weight is 402 g/mol. The topological polar surface area (TPSA) is 76.9 Å². The Morgan fingerprint density at radius 3 is 2.52 bits per heavy atom. The molecule has 0 spiro atoms. The molecule has 144 valence electrons. The molecule has 0 aliphatic rings. The summed E-state index contributed by atoms with van der Waals surface area (Å²) in [4.78, 5) is 34.3. The van der Waals surface area contributed by atoms with E-state index in [0.717, 1.165) is 11.1 Å². The number of nitrogens with one attached hydrogen (secondary N) is 1. The molecule has 7 heteroatoms. The van der Waals surface area contributed by atoms with Gasteiger partial charge in [0.25, 0.3) is 5.56 Å². The molecule has 0 bridgehead atoms. The lowest BCUT2D eigenvalue weighted by atomic mass is 10.1. The van der Waals surface area contributed by atoms with Crippen LogP contribution in [0.2, 0.25) is 0 Å². The van der Waals surface area contributed by atoms with Crippen LogP contribution in [0.3, 0.4) is 0 Å². The highest BCUT2D eigenvalue weighted by Crippen LogP contribution is 2.21. The van der Waals surface area contributed by atoms with E-state index in [-0.39, 0.29) is 17.9 Å². The van der Waals surface area contributed by atoms with Crippen LogP contribution < -0.4 is 11.0 Å². The molecule has 1 N–H and O–H groups in total. The van der Waals surface area contributed by atoms with E-state index in [4.69, 9.17) is 0 Å². The van der Waals surface area contributed by atoms with E-state index in [2.05, 4.69) is 15.4 Å². The van der Waals surface area contributed by atoms with Crippen LogP contribution in [0, 0.1) is 0 Å². The number of aromatic nitrogens is 3. The smallest absolute Gasteiger partial charge is 0.273 e. The number of amides is 1. The molecule has 6 nitrogen and oxygen atoms in total. The summed E-state index contributed by atoms with van der Waals surface area (Å²) in [5, 5.41) is 0.886. The second-order valence-corrected chi connectivity index (χ2v) is 7.34. The number of rotatable bonds is 6. The molecule has 0 saturated heterocycles. The number of benzene rings is 2. The number of hydrogen-bond acceptors (Lipinski definition) is 5. The predicted molar refractivity (Wildman–Crippen MR) is 114 cm³/mol. The molecular formula is C22H18N4O2S. The minimum absolute atomic E-state index is 0.173. The molecular weight excluding hydrogens is 384 g/mol. The molecule has 0 aliphatic carbocycles. The van der Waals surface area contributed by atoms with Crippen LogP contribution >= 0.6 is 11.8 Å². The van der Waals surface area contributed by atoms with Crippen molar-refractivity contribution in [3.05, 3.63) is 101 Å². The zero-order valence-corrected chi connectivity index (χ0v) is 16.3. The van der Waals surface area contributed by atoms with E-state index in [1.807, 2.05) is 48.5 Å². The van der Waals surface area contributed by atoms with Crippen molar-refractivity contribution in [2.24, 2.45) is 0 Å². The molecule has 0 aliphatic heterocycles. The standard InChI is InChI=1S/C22H18N4O2S/c27-20(13-16-7-2-1-3-8-16)25-26-21(28)18-10-4-5-11-19(18)24-22(26)29-15-17-9-6-12-23-14-17/h1-12,14H,13,15H2,(H,25,27). The highest BCUT2D eigenvalue weighted by molar-refractivity contribution is 7.98. The first-order valence-corrected chi connectivity index (χ1v) is 10.1. The number of carbonyl (C=O) groups is 1. The molecule has 2 heterocycles. The van der Waals surface area contributed by atoms with Crippen LogP contribution in [0.1, 0.15) is 11.1 Å². The fraction of sp³-hybridized carbons (Fsp3) is 0.0909. The first-order valence-electron chi connectivity index (χ1n) is 9.08. The Labute approximate surface area is 171 Å². The van der Waals surface area contributed by atoms with E-state index in [9.17, 15) is 9.59 Å². The molecule has 0 radical (unpaired) electrons. The zero-order chi connectivity index (χ0) is 20.1. The van der Waals surface area contributed by atoms with Gasteiger partial charge in [-0.25, -0.2) is 4.98 Å². The Balaban J connectivity index is 1.65. The molecule has 29 heavy (non-hydrogen) atoms. The Morgan fingerprint density at radius 1 is 0.966 bits per heavy atom. The fourth-order valence-electron chi connectivity index (χ4n) is 2.88. The monoisotopic (exact) mass is 402 g/mol. The van der Waals surface area contributed by atoms with Gasteiger partial charge >= 0.3 is 0 Å². The largest absolute Gasteiger partial charge is 0.281 e. The van der Waals surface area contributed by atoms with Gasteiger partial charge in [-0.05, 0) is 29.3 Å². The summed E-state index contributed by atoms with van der Waals surface area (Å²) in [7, 11) is 0. The summed E-state index contributed by atoms with van der Waals surface area (Å²) in [6.45, 7) is 0. The van der Waals surface area contributed by atoms with Crippen LogP contribution in [-0.2, 0) is 17.0 Å².